The summed E-state index contributed by atoms with van der Waals surface area (Å²) in [5.41, 5.74) is 8.57. The van der Waals surface area contributed by atoms with Crippen LogP contribution in [0.25, 0.3) is 33.8 Å². The molecule has 1 N–H and O–H groups in total. The van der Waals surface area contributed by atoms with Crippen LogP contribution in [-0.2, 0) is 16.6 Å². The summed E-state index contributed by atoms with van der Waals surface area (Å²) in [4.78, 5) is 33.0. The number of nitrogens with one attached hydrogen (secondary N) is 1. The van der Waals surface area contributed by atoms with Crippen LogP contribution in [0, 0.1) is 6.92 Å². The molecule has 2 aromatic heterocycles. The van der Waals surface area contributed by atoms with Crippen molar-refractivity contribution in [2.45, 2.75) is 115 Å². The van der Waals surface area contributed by atoms with E-state index in [-0.39, 0.29) is 29.6 Å². The lowest BCUT2D eigenvalue weighted by Gasteiger charge is -2.39. The van der Waals surface area contributed by atoms with Crippen LogP contribution in [-0.4, -0.2) is 89.0 Å². The van der Waals surface area contributed by atoms with Gasteiger partial charge in [0.25, 0.3) is 11.8 Å². The molecular weight excluding hydrogens is 713 g/mol. The van der Waals surface area contributed by atoms with Gasteiger partial charge < -0.3 is 19.1 Å². The molecule has 2 bridgehead atoms. The van der Waals surface area contributed by atoms with Gasteiger partial charge in [0.15, 0.2) is 0 Å². The number of likely N-dealkylation sites (tertiary alicyclic amines) is 1. The zero-order valence-corrected chi connectivity index (χ0v) is 34.0. The molecule has 1 aliphatic carbocycles. The van der Waals surface area contributed by atoms with Gasteiger partial charge in [0.2, 0.25) is 10.0 Å². The molecule has 11 nitrogen and oxygen atoms in total. The first-order valence-electron chi connectivity index (χ1n) is 20.0. The third kappa shape index (κ3) is 6.48. The van der Waals surface area contributed by atoms with E-state index in [0.29, 0.717) is 23.7 Å². The molecular formula is C43H54N6O5S. The molecule has 2 unspecified atom stereocenters. The van der Waals surface area contributed by atoms with Crippen molar-refractivity contribution in [3.8, 4) is 17.0 Å². The number of ether oxygens (including phenoxy) is 1. The molecule has 1 saturated carbocycles. The summed E-state index contributed by atoms with van der Waals surface area (Å²) in [5.74, 6) is 0.442. The van der Waals surface area contributed by atoms with Gasteiger partial charge in [0.05, 0.1) is 30.2 Å². The van der Waals surface area contributed by atoms with Gasteiger partial charge in [0, 0.05) is 64.5 Å². The second-order valence-electron chi connectivity index (χ2n) is 16.7. The Morgan fingerprint density at radius 3 is 2.31 bits per heavy atom. The lowest BCUT2D eigenvalue weighted by atomic mass is 9.81. The molecule has 4 aliphatic rings. The van der Waals surface area contributed by atoms with Crippen LogP contribution in [0.15, 0.2) is 36.4 Å². The highest BCUT2D eigenvalue weighted by atomic mass is 32.2. The highest BCUT2D eigenvalue weighted by molar-refractivity contribution is 7.90. The fraction of sp³-hybridized carbons (Fsp3) is 0.512. The van der Waals surface area contributed by atoms with Gasteiger partial charge in [-0.1, -0.05) is 25.3 Å². The van der Waals surface area contributed by atoms with Crippen molar-refractivity contribution in [2.75, 3.05) is 27.2 Å². The number of sulfonamides is 1. The van der Waals surface area contributed by atoms with Crippen LogP contribution in [0.2, 0.25) is 0 Å². The number of allylic oxidation sites excluding steroid dienone is 1. The monoisotopic (exact) mass is 766 g/mol. The van der Waals surface area contributed by atoms with Crippen LogP contribution < -0.4 is 9.46 Å². The minimum absolute atomic E-state index is 0.0346. The number of methoxy groups -OCH3 is 1. The number of aromatic nitrogens is 3. The van der Waals surface area contributed by atoms with E-state index < -0.39 is 21.2 Å². The van der Waals surface area contributed by atoms with Gasteiger partial charge >= 0.3 is 0 Å². The molecule has 2 atom stereocenters. The van der Waals surface area contributed by atoms with E-state index in [1.165, 1.54) is 12.0 Å². The van der Waals surface area contributed by atoms with Gasteiger partial charge in [-0.3, -0.25) is 14.3 Å². The quantitative estimate of drug-likeness (QED) is 0.199. The summed E-state index contributed by atoms with van der Waals surface area (Å²) in [6.07, 6.45) is 9.81. The number of piperazine rings is 1. The van der Waals surface area contributed by atoms with Crippen molar-refractivity contribution in [3.05, 3.63) is 70.0 Å². The van der Waals surface area contributed by atoms with Crippen molar-refractivity contribution in [2.24, 2.45) is 0 Å². The number of benzene rings is 2. The number of amides is 2. The topological polar surface area (TPSA) is 119 Å². The van der Waals surface area contributed by atoms with E-state index in [2.05, 4.69) is 58.2 Å². The zero-order chi connectivity index (χ0) is 38.9. The standard InChI is InChI=1S/C43H54N6O5S/c1-25(2)49-27(5)38(43(51)48-32-14-15-33(48)24-46(6)23-32)40(44-49)31-19-30-20-34(54-7)16-18-35(30)41-39(28-11-9-8-10-12-28)36-17-13-29(21-37(36)47(41)22-31)42(50)45-55(52,53)26(3)4/h13,16-21,25-26,28,32-33H,8-12,14-15,22-24H2,1-7H3,(H,45,50). The van der Waals surface area contributed by atoms with Gasteiger partial charge in [-0.15, -0.1) is 0 Å². The van der Waals surface area contributed by atoms with E-state index in [0.717, 1.165) is 96.4 Å². The number of rotatable bonds is 8. The SMILES string of the molecule is COc1ccc2c(c1)C=C(c1nn(C(C)C)c(C)c1C(=O)N1C3CCC1CN(C)C3)Cn1c-2c(C2CCCCC2)c2ccc(C(=O)NS(=O)(=O)C(C)C)cc21. The number of fused-ring (bicyclic) bond motifs is 7. The number of carbonyl (C=O) groups excluding carboxylic acids is 2. The zero-order valence-electron chi connectivity index (χ0n) is 33.2. The first-order valence-corrected chi connectivity index (χ1v) is 21.5. The van der Waals surface area contributed by atoms with Gasteiger partial charge in [0.1, 0.15) is 11.4 Å². The molecule has 55 heavy (non-hydrogen) atoms. The van der Waals surface area contributed by atoms with Crippen LogP contribution >= 0.6 is 0 Å². The minimum Gasteiger partial charge on any atom is -0.497 e. The second-order valence-corrected chi connectivity index (χ2v) is 19.0. The average Bonchev–Trinajstić information content (AvgIpc) is 3.72. The van der Waals surface area contributed by atoms with Gasteiger partial charge in [-0.05, 0) is 121 Å². The summed E-state index contributed by atoms with van der Waals surface area (Å²) in [5, 5.41) is 5.56. The second kappa shape index (κ2) is 14.3. The average molecular weight is 767 g/mol. The van der Waals surface area contributed by atoms with E-state index >= 15 is 0 Å². The van der Waals surface area contributed by atoms with Crippen molar-refractivity contribution in [1.29, 1.82) is 0 Å². The number of likely N-dealkylation sites (N-methyl/N-ethyl adjacent to an activating group) is 1. The Bertz CT molecular complexity index is 2320. The van der Waals surface area contributed by atoms with E-state index in [4.69, 9.17) is 9.84 Å². The van der Waals surface area contributed by atoms with Crippen molar-refractivity contribution >= 4 is 44.4 Å². The fourth-order valence-electron chi connectivity index (χ4n) is 9.71. The number of carbonyl (C=O) groups is 2. The number of nitrogens with zero attached hydrogens (tertiary/aromatic N) is 5. The lowest BCUT2D eigenvalue weighted by Crippen LogP contribution is -2.54. The predicted molar refractivity (Wildman–Crippen MR) is 217 cm³/mol. The van der Waals surface area contributed by atoms with Crippen LogP contribution in [0.3, 0.4) is 0 Å². The minimum atomic E-state index is -3.84. The molecule has 0 radical (unpaired) electrons. The summed E-state index contributed by atoms with van der Waals surface area (Å²) in [7, 11) is -0.0243. The summed E-state index contributed by atoms with van der Waals surface area (Å²) < 4.78 is 37.9. The molecule has 3 aliphatic heterocycles. The Labute approximate surface area is 324 Å². The molecule has 3 fully saturated rings. The smallest absolute Gasteiger partial charge is 0.264 e. The molecule has 2 amide bonds. The lowest BCUT2D eigenvalue weighted by molar-refractivity contribution is 0.0471. The normalized spacial score (nSPS) is 20.5. The van der Waals surface area contributed by atoms with Crippen molar-refractivity contribution in [3.63, 3.8) is 0 Å². The van der Waals surface area contributed by atoms with E-state index in [9.17, 15) is 18.0 Å². The molecule has 8 rings (SSSR count). The van der Waals surface area contributed by atoms with Crippen molar-refractivity contribution < 1.29 is 22.7 Å². The molecule has 4 aromatic rings. The highest BCUT2D eigenvalue weighted by Crippen LogP contribution is 2.48. The molecule has 12 heteroatoms. The molecule has 5 heterocycles. The van der Waals surface area contributed by atoms with Crippen LogP contribution in [0.1, 0.15) is 128 Å². The van der Waals surface area contributed by atoms with E-state index in [1.807, 2.05) is 29.8 Å². The maximum Gasteiger partial charge on any atom is 0.264 e. The maximum atomic E-state index is 15.0. The molecule has 0 spiro atoms. The summed E-state index contributed by atoms with van der Waals surface area (Å²) in [6, 6.07) is 12.1. The molecule has 2 saturated heterocycles. The van der Waals surface area contributed by atoms with Gasteiger partial charge in [-0.2, -0.15) is 5.10 Å². The number of hydrogen-bond donors (Lipinski definition) is 1. The first-order chi connectivity index (χ1) is 26.3. The molecule has 292 valence electrons. The molecule has 2 aromatic carbocycles. The Morgan fingerprint density at radius 1 is 0.945 bits per heavy atom. The fourth-order valence-corrected chi connectivity index (χ4v) is 10.3. The summed E-state index contributed by atoms with van der Waals surface area (Å²) >= 11 is 0. The maximum absolute atomic E-state index is 15.0. The predicted octanol–water partition coefficient (Wildman–Crippen LogP) is 7.39. The van der Waals surface area contributed by atoms with Gasteiger partial charge in [-0.25, -0.2) is 13.1 Å². The van der Waals surface area contributed by atoms with Crippen LogP contribution in [0.5, 0.6) is 5.75 Å². The summed E-state index contributed by atoms with van der Waals surface area (Å²) in [6.45, 7) is 11.4. The van der Waals surface area contributed by atoms with Crippen molar-refractivity contribution in [1.82, 2.24) is 28.9 Å². The van der Waals surface area contributed by atoms with E-state index in [1.54, 1.807) is 27.0 Å². The Kier molecular flexibility index (Phi) is 9.72. The Balaban J connectivity index is 1.35. The first kappa shape index (κ1) is 37.5. The third-order valence-electron chi connectivity index (χ3n) is 12.5. The Hall–Kier alpha value is -4.42. The third-order valence-corrected chi connectivity index (χ3v) is 14.2. The largest absolute Gasteiger partial charge is 0.497 e. The van der Waals surface area contributed by atoms with Crippen LogP contribution in [0.4, 0.5) is 0 Å². The highest BCUT2D eigenvalue weighted by Gasteiger charge is 2.44. The number of hydrogen-bond acceptors (Lipinski definition) is 7. The Morgan fingerprint density at radius 2 is 1.65 bits per heavy atom.